The van der Waals surface area contributed by atoms with Gasteiger partial charge in [0.05, 0.1) is 12.3 Å². The van der Waals surface area contributed by atoms with Gasteiger partial charge in [0.25, 0.3) is 5.56 Å². The topological polar surface area (TPSA) is 67.0 Å². The van der Waals surface area contributed by atoms with E-state index in [0.717, 1.165) is 41.8 Å². The molecule has 0 amide bonds. The molecule has 1 aromatic heterocycles. The Morgan fingerprint density at radius 2 is 2.10 bits per heavy atom. The van der Waals surface area contributed by atoms with Gasteiger partial charge >= 0.3 is 0 Å². The number of aryl methyl sites for hydroxylation is 1. The second-order valence-electron chi connectivity index (χ2n) is 4.95. The van der Waals surface area contributed by atoms with Crippen LogP contribution in [0.2, 0.25) is 0 Å². The van der Waals surface area contributed by atoms with Crippen molar-refractivity contribution in [3.05, 3.63) is 51.4 Å². The van der Waals surface area contributed by atoms with Gasteiger partial charge in [-0.2, -0.15) is 0 Å². The maximum absolute atomic E-state index is 11.9. The van der Waals surface area contributed by atoms with Gasteiger partial charge in [0, 0.05) is 18.4 Å². The van der Waals surface area contributed by atoms with Gasteiger partial charge < -0.3 is 10.1 Å². The Hall–Kier alpha value is -2.14. The largest absolute Gasteiger partial charge is 0.380 e. The van der Waals surface area contributed by atoms with Crippen LogP contribution in [-0.4, -0.2) is 17.1 Å². The van der Waals surface area contributed by atoms with E-state index in [2.05, 4.69) is 15.3 Å². The van der Waals surface area contributed by atoms with Crippen LogP contribution in [0.25, 0.3) is 0 Å². The second-order valence-corrected chi connectivity index (χ2v) is 4.95. The van der Waals surface area contributed by atoms with Crippen molar-refractivity contribution in [1.82, 2.24) is 9.97 Å². The number of hydrogen-bond acceptors (Lipinski definition) is 4. The van der Waals surface area contributed by atoms with E-state index in [4.69, 9.17) is 4.74 Å². The highest BCUT2D eigenvalue weighted by Crippen LogP contribution is 2.19. The number of hydrogen-bond donors (Lipinski definition) is 2. The zero-order valence-electron chi connectivity index (χ0n) is 11.4. The summed E-state index contributed by atoms with van der Waals surface area (Å²) in [6.45, 7) is 0.591. The first-order chi connectivity index (χ1) is 9.76. The van der Waals surface area contributed by atoms with Gasteiger partial charge in [-0.15, -0.1) is 0 Å². The van der Waals surface area contributed by atoms with Crippen LogP contribution in [0, 0.1) is 0 Å². The molecule has 0 saturated heterocycles. The fourth-order valence-electron chi connectivity index (χ4n) is 2.49. The van der Waals surface area contributed by atoms with Crippen molar-refractivity contribution in [1.29, 1.82) is 0 Å². The molecule has 0 bridgehead atoms. The van der Waals surface area contributed by atoms with E-state index in [1.807, 2.05) is 24.3 Å². The first kappa shape index (κ1) is 12.9. The van der Waals surface area contributed by atoms with Crippen molar-refractivity contribution in [2.45, 2.75) is 25.9 Å². The Labute approximate surface area is 117 Å². The maximum Gasteiger partial charge on any atom is 0.255 e. The Kier molecular flexibility index (Phi) is 3.52. The molecule has 0 saturated carbocycles. The van der Waals surface area contributed by atoms with Crippen molar-refractivity contribution in [3.63, 3.8) is 0 Å². The quantitative estimate of drug-likeness (QED) is 0.894. The van der Waals surface area contributed by atoms with Crippen LogP contribution in [0.4, 0.5) is 11.6 Å². The normalized spacial score (nSPS) is 13.2. The molecule has 1 aliphatic rings. The highest BCUT2D eigenvalue weighted by Gasteiger charge is 2.16. The minimum Gasteiger partial charge on any atom is -0.380 e. The van der Waals surface area contributed by atoms with Gasteiger partial charge in [0.2, 0.25) is 5.95 Å². The molecule has 0 atom stereocenters. The number of aromatic nitrogens is 2. The summed E-state index contributed by atoms with van der Waals surface area (Å²) in [5, 5.41) is 3.14. The number of benzene rings is 1. The van der Waals surface area contributed by atoms with Crippen LogP contribution >= 0.6 is 0 Å². The van der Waals surface area contributed by atoms with Crippen molar-refractivity contribution in [2.24, 2.45) is 0 Å². The smallest absolute Gasteiger partial charge is 0.255 e. The van der Waals surface area contributed by atoms with E-state index in [0.29, 0.717) is 12.6 Å². The van der Waals surface area contributed by atoms with Crippen molar-refractivity contribution >= 4 is 11.6 Å². The molecule has 0 unspecified atom stereocenters. The summed E-state index contributed by atoms with van der Waals surface area (Å²) in [6, 6.07) is 7.86. The Morgan fingerprint density at radius 1 is 1.30 bits per heavy atom. The highest BCUT2D eigenvalue weighted by molar-refractivity contribution is 5.54. The number of anilines is 2. The molecule has 5 heteroatoms. The molecule has 1 aliphatic carbocycles. The van der Waals surface area contributed by atoms with E-state index >= 15 is 0 Å². The van der Waals surface area contributed by atoms with E-state index in [1.165, 1.54) is 0 Å². The van der Waals surface area contributed by atoms with Crippen LogP contribution in [0.15, 0.2) is 29.1 Å². The fourth-order valence-corrected chi connectivity index (χ4v) is 2.49. The van der Waals surface area contributed by atoms with E-state index in [-0.39, 0.29) is 5.56 Å². The predicted octanol–water partition coefficient (Wildman–Crippen LogP) is 2.15. The number of nitrogens with zero attached hydrogens (tertiary/aromatic N) is 1. The van der Waals surface area contributed by atoms with Gasteiger partial charge in [-0.25, -0.2) is 4.98 Å². The van der Waals surface area contributed by atoms with Gasteiger partial charge in [0.1, 0.15) is 0 Å². The maximum atomic E-state index is 11.9. The average molecular weight is 271 g/mol. The van der Waals surface area contributed by atoms with E-state index in [1.54, 1.807) is 7.11 Å². The van der Waals surface area contributed by atoms with Crippen molar-refractivity contribution < 1.29 is 4.74 Å². The minimum atomic E-state index is -0.0222. The van der Waals surface area contributed by atoms with Crippen LogP contribution in [-0.2, 0) is 24.2 Å². The molecule has 1 heterocycles. The SMILES string of the molecule is COCc1ccc(Nc2nc3c(c(=O)[nH]2)CCC3)cc1. The Bertz CT molecular complexity index is 662. The number of fused-ring (bicyclic) bond motifs is 1. The molecule has 0 radical (unpaired) electrons. The minimum absolute atomic E-state index is 0.0222. The summed E-state index contributed by atoms with van der Waals surface area (Å²) in [7, 11) is 1.67. The molecule has 2 aromatic rings. The third kappa shape index (κ3) is 2.58. The summed E-state index contributed by atoms with van der Waals surface area (Å²) < 4.78 is 5.07. The fraction of sp³-hybridized carbons (Fsp3) is 0.333. The van der Waals surface area contributed by atoms with Crippen molar-refractivity contribution in [3.8, 4) is 0 Å². The lowest BCUT2D eigenvalue weighted by Crippen LogP contribution is -2.16. The van der Waals surface area contributed by atoms with Gasteiger partial charge in [-0.3, -0.25) is 9.78 Å². The summed E-state index contributed by atoms with van der Waals surface area (Å²) in [5.74, 6) is 0.509. The molecular weight excluding hydrogens is 254 g/mol. The van der Waals surface area contributed by atoms with Crippen LogP contribution < -0.4 is 10.9 Å². The lowest BCUT2D eigenvalue weighted by Gasteiger charge is -2.08. The zero-order valence-corrected chi connectivity index (χ0v) is 11.4. The zero-order chi connectivity index (χ0) is 13.9. The lowest BCUT2D eigenvalue weighted by atomic mass is 10.2. The highest BCUT2D eigenvalue weighted by atomic mass is 16.5. The molecule has 3 rings (SSSR count). The monoisotopic (exact) mass is 271 g/mol. The molecule has 20 heavy (non-hydrogen) atoms. The molecule has 0 aliphatic heterocycles. The van der Waals surface area contributed by atoms with Gasteiger partial charge in [0.15, 0.2) is 0 Å². The Balaban J connectivity index is 1.81. The summed E-state index contributed by atoms with van der Waals surface area (Å²) in [4.78, 5) is 19.2. The third-order valence-electron chi connectivity index (χ3n) is 3.47. The summed E-state index contributed by atoms with van der Waals surface area (Å²) >= 11 is 0. The van der Waals surface area contributed by atoms with E-state index < -0.39 is 0 Å². The second kappa shape index (κ2) is 5.46. The third-order valence-corrected chi connectivity index (χ3v) is 3.47. The number of aromatic amines is 1. The number of ether oxygens (including phenoxy) is 1. The lowest BCUT2D eigenvalue weighted by molar-refractivity contribution is 0.185. The first-order valence-electron chi connectivity index (χ1n) is 6.73. The number of methoxy groups -OCH3 is 1. The van der Waals surface area contributed by atoms with Crippen LogP contribution in [0.1, 0.15) is 23.2 Å². The summed E-state index contributed by atoms with van der Waals surface area (Å²) in [5.41, 5.74) is 3.74. The average Bonchev–Trinajstić information content (AvgIpc) is 2.90. The Morgan fingerprint density at radius 3 is 2.85 bits per heavy atom. The van der Waals surface area contributed by atoms with Crippen LogP contribution in [0.3, 0.4) is 0 Å². The number of H-pyrrole nitrogens is 1. The number of nitrogens with one attached hydrogen (secondary N) is 2. The van der Waals surface area contributed by atoms with Crippen molar-refractivity contribution in [2.75, 3.05) is 12.4 Å². The van der Waals surface area contributed by atoms with Crippen LogP contribution in [0.5, 0.6) is 0 Å². The standard InChI is InChI=1S/C15H17N3O2/c1-20-9-10-5-7-11(8-6-10)16-15-17-13-4-2-3-12(13)14(19)18-15/h5-8H,2-4,9H2,1H3,(H2,16,17,18,19). The van der Waals surface area contributed by atoms with E-state index in [9.17, 15) is 4.79 Å². The molecule has 2 N–H and O–H groups in total. The molecule has 1 aromatic carbocycles. The first-order valence-corrected chi connectivity index (χ1v) is 6.73. The molecular formula is C15H17N3O2. The van der Waals surface area contributed by atoms with Gasteiger partial charge in [-0.05, 0) is 37.0 Å². The molecule has 5 nitrogen and oxygen atoms in total. The predicted molar refractivity (Wildman–Crippen MR) is 77.3 cm³/mol. The van der Waals surface area contributed by atoms with Gasteiger partial charge in [-0.1, -0.05) is 12.1 Å². The molecule has 104 valence electrons. The summed E-state index contributed by atoms with van der Waals surface area (Å²) in [6.07, 6.45) is 2.74. The molecule has 0 fully saturated rings. The number of rotatable bonds is 4. The molecule has 0 spiro atoms.